The second-order valence-corrected chi connectivity index (χ2v) is 9.42. The number of pyridine rings is 1. The number of aromatic nitrogens is 1. The van der Waals surface area contributed by atoms with Crippen LogP contribution in [0.3, 0.4) is 0 Å². The number of aliphatic carboxylic acids is 1. The van der Waals surface area contributed by atoms with E-state index < -0.39 is 35.9 Å². The van der Waals surface area contributed by atoms with Gasteiger partial charge in [0.25, 0.3) is 0 Å². The van der Waals surface area contributed by atoms with E-state index in [0.717, 1.165) is 51.4 Å². The molecule has 2 aromatic rings. The summed E-state index contributed by atoms with van der Waals surface area (Å²) in [6, 6.07) is 3.12. The first-order chi connectivity index (χ1) is 16.9. The lowest BCUT2D eigenvalue weighted by atomic mass is 9.95. The lowest BCUT2D eigenvalue weighted by molar-refractivity contribution is -0.159. The summed E-state index contributed by atoms with van der Waals surface area (Å²) in [6.07, 6.45) is 8.98. The highest BCUT2D eigenvalue weighted by Crippen LogP contribution is 2.34. The Morgan fingerprint density at radius 1 is 1.14 bits per heavy atom. The summed E-state index contributed by atoms with van der Waals surface area (Å²) in [7, 11) is 0. The van der Waals surface area contributed by atoms with Gasteiger partial charge in [-0.05, 0) is 44.7 Å². The van der Waals surface area contributed by atoms with Gasteiger partial charge < -0.3 is 24.5 Å². The van der Waals surface area contributed by atoms with Gasteiger partial charge in [0.1, 0.15) is 12.4 Å². The number of hydrogen-bond acceptors (Lipinski definition) is 6. The third-order valence-corrected chi connectivity index (χ3v) is 7.01. The quantitative estimate of drug-likeness (QED) is 0.493. The second-order valence-electron chi connectivity index (χ2n) is 9.42. The molecule has 0 saturated heterocycles. The van der Waals surface area contributed by atoms with Crippen molar-refractivity contribution in [2.75, 3.05) is 18.5 Å². The molecule has 1 unspecified atom stereocenters. The average Bonchev–Trinajstić information content (AvgIpc) is 3.37. The van der Waals surface area contributed by atoms with E-state index in [2.05, 4.69) is 5.32 Å². The monoisotopic (exact) mass is 488 g/mol. The van der Waals surface area contributed by atoms with Gasteiger partial charge in [0.2, 0.25) is 0 Å². The minimum absolute atomic E-state index is 0.0596. The number of nitrogens with zero attached hydrogens (tertiary/aromatic N) is 1. The molecule has 2 N–H and O–H groups in total. The summed E-state index contributed by atoms with van der Waals surface area (Å²) in [4.78, 5) is 37.2. The molecule has 1 atom stereocenters. The van der Waals surface area contributed by atoms with E-state index in [1.807, 2.05) is 4.57 Å². The van der Waals surface area contributed by atoms with Crippen molar-refractivity contribution in [2.24, 2.45) is 0 Å². The van der Waals surface area contributed by atoms with E-state index in [9.17, 15) is 19.5 Å². The number of fused-ring (bicyclic) bond motifs is 1. The Balaban J connectivity index is 1.78. The number of hydrogen-bond donors (Lipinski definition) is 2. The summed E-state index contributed by atoms with van der Waals surface area (Å²) in [6.45, 7) is 1.15. The van der Waals surface area contributed by atoms with Crippen molar-refractivity contribution in [1.82, 2.24) is 4.57 Å². The SMILES string of the molecule is CCOC(=O)COC(C(=O)O)c1cn(C2CCCC2)c2cc(NC3CCCCC3)c(F)cc2c1=O. The Labute approximate surface area is 203 Å². The van der Waals surface area contributed by atoms with Crippen molar-refractivity contribution in [3.8, 4) is 0 Å². The molecule has 9 heteroatoms. The lowest BCUT2D eigenvalue weighted by Gasteiger charge is -2.25. The first-order valence-electron chi connectivity index (χ1n) is 12.5. The van der Waals surface area contributed by atoms with E-state index in [1.54, 1.807) is 13.0 Å². The van der Waals surface area contributed by atoms with Crippen LogP contribution in [0.1, 0.15) is 82.4 Å². The number of benzene rings is 1. The van der Waals surface area contributed by atoms with Crippen LogP contribution >= 0.6 is 0 Å². The number of carboxylic acid groups (broad SMARTS) is 1. The van der Waals surface area contributed by atoms with Gasteiger partial charge in [0.05, 0.1) is 23.4 Å². The summed E-state index contributed by atoms with van der Waals surface area (Å²) in [5.41, 5.74) is 0.179. The van der Waals surface area contributed by atoms with Crippen LogP contribution in [-0.4, -0.2) is 40.9 Å². The molecule has 190 valence electrons. The zero-order chi connectivity index (χ0) is 24.9. The maximum absolute atomic E-state index is 15.2. The van der Waals surface area contributed by atoms with Crippen molar-refractivity contribution in [2.45, 2.75) is 82.9 Å². The van der Waals surface area contributed by atoms with E-state index >= 15 is 4.39 Å². The van der Waals surface area contributed by atoms with Crippen LogP contribution in [0, 0.1) is 5.82 Å². The van der Waals surface area contributed by atoms with E-state index in [4.69, 9.17) is 9.47 Å². The third kappa shape index (κ3) is 5.66. The molecule has 8 nitrogen and oxygen atoms in total. The van der Waals surface area contributed by atoms with Crippen LogP contribution in [-0.2, 0) is 19.1 Å². The van der Waals surface area contributed by atoms with Crippen LogP contribution in [0.2, 0.25) is 0 Å². The molecular weight excluding hydrogens is 455 g/mol. The molecule has 1 heterocycles. The summed E-state index contributed by atoms with van der Waals surface area (Å²) in [5, 5.41) is 13.2. The number of ether oxygens (including phenoxy) is 2. The number of esters is 1. The minimum Gasteiger partial charge on any atom is -0.479 e. The number of carboxylic acids is 1. The molecular formula is C26H33FN2O6. The first-order valence-corrected chi connectivity index (χ1v) is 12.5. The number of nitrogens with one attached hydrogen (secondary N) is 1. The van der Waals surface area contributed by atoms with Crippen molar-refractivity contribution in [1.29, 1.82) is 0 Å². The molecule has 0 bridgehead atoms. The van der Waals surface area contributed by atoms with E-state index in [1.165, 1.54) is 18.7 Å². The molecule has 2 aliphatic rings. The van der Waals surface area contributed by atoms with E-state index in [-0.39, 0.29) is 29.6 Å². The Hall–Kier alpha value is -2.94. The average molecular weight is 489 g/mol. The minimum atomic E-state index is -1.67. The maximum Gasteiger partial charge on any atom is 0.337 e. The molecule has 35 heavy (non-hydrogen) atoms. The van der Waals surface area contributed by atoms with Crippen molar-refractivity contribution >= 4 is 28.5 Å². The number of carbonyl (C=O) groups excluding carboxylic acids is 1. The molecule has 0 radical (unpaired) electrons. The molecule has 0 amide bonds. The Morgan fingerprint density at radius 3 is 2.49 bits per heavy atom. The zero-order valence-corrected chi connectivity index (χ0v) is 20.1. The Kier molecular flexibility index (Phi) is 8.05. The zero-order valence-electron chi connectivity index (χ0n) is 20.1. The van der Waals surface area contributed by atoms with Gasteiger partial charge in [0.15, 0.2) is 11.5 Å². The standard InChI is InChI=1S/C26H33FN2O6/c1-2-34-23(30)15-35-25(26(32)33)19-14-29(17-10-6-7-11-17)22-13-21(20(27)12-18(22)24(19)31)28-16-8-4-3-5-9-16/h12-14,16-17,25,28H,2-11,15H2,1H3,(H,32,33). The van der Waals surface area contributed by atoms with Crippen molar-refractivity contribution in [3.05, 3.63) is 39.9 Å². The molecule has 2 saturated carbocycles. The van der Waals surface area contributed by atoms with Gasteiger partial charge in [-0.25, -0.2) is 14.0 Å². The van der Waals surface area contributed by atoms with Gasteiger partial charge in [-0.3, -0.25) is 4.79 Å². The number of rotatable bonds is 9. The summed E-state index contributed by atoms with van der Waals surface area (Å²) >= 11 is 0. The Morgan fingerprint density at radius 2 is 1.83 bits per heavy atom. The van der Waals surface area contributed by atoms with Crippen molar-refractivity contribution in [3.63, 3.8) is 0 Å². The van der Waals surface area contributed by atoms with Crippen LogP contribution in [0.15, 0.2) is 23.1 Å². The fourth-order valence-corrected chi connectivity index (χ4v) is 5.29. The first kappa shape index (κ1) is 25.2. The number of halogens is 1. The lowest BCUT2D eigenvalue weighted by Crippen LogP contribution is -2.28. The summed E-state index contributed by atoms with van der Waals surface area (Å²) in [5.74, 6) is -2.67. The predicted molar refractivity (Wildman–Crippen MR) is 129 cm³/mol. The highest BCUT2D eigenvalue weighted by atomic mass is 19.1. The highest BCUT2D eigenvalue weighted by molar-refractivity contribution is 5.85. The fourth-order valence-electron chi connectivity index (χ4n) is 5.29. The van der Waals surface area contributed by atoms with Crippen LogP contribution in [0.4, 0.5) is 10.1 Å². The smallest absolute Gasteiger partial charge is 0.337 e. The predicted octanol–water partition coefficient (Wildman–Crippen LogP) is 4.71. The topological polar surface area (TPSA) is 107 Å². The van der Waals surface area contributed by atoms with Crippen molar-refractivity contribution < 1.29 is 28.6 Å². The molecule has 0 spiro atoms. The maximum atomic E-state index is 15.2. The Bertz CT molecular complexity index is 1130. The third-order valence-electron chi connectivity index (χ3n) is 7.01. The molecule has 1 aromatic carbocycles. The number of carbonyl (C=O) groups is 2. The molecule has 2 aliphatic carbocycles. The number of anilines is 1. The largest absolute Gasteiger partial charge is 0.479 e. The van der Waals surface area contributed by atoms with Gasteiger partial charge in [-0.15, -0.1) is 0 Å². The second kappa shape index (κ2) is 11.2. The summed E-state index contributed by atoms with van der Waals surface area (Å²) < 4.78 is 27.2. The molecule has 2 fully saturated rings. The van der Waals surface area contributed by atoms with Crippen LogP contribution in [0.5, 0.6) is 0 Å². The molecule has 0 aliphatic heterocycles. The highest BCUT2D eigenvalue weighted by Gasteiger charge is 2.29. The van der Waals surface area contributed by atoms with Crippen LogP contribution in [0.25, 0.3) is 10.9 Å². The molecule has 4 rings (SSSR count). The van der Waals surface area contributed by atoms with Crippen LogP contribution < -0.4 is 10.7 Å². The normalized spacial score (nSPS) is 18.0. The van der Waals surface area contributed by atoms with Gasteiger partial charge in [0, 0.05) is 23.7 Å². The van der Waals surface area contributed by atoms with Gasteiger partial charge >= 0.3 is 11.9 Å². The fraction of sp³-hybridized carbons (Fsp3) is 0.577. The molecule has 1 aromatic heterocycles. The van der Waals surface area contributed by atoms with Gasteiger partial charge in [-0.1, -0.05) is 32.1 Å². The van der Waals surface area contributed by atoms with Gasteiger partial charge in [-0.2, -0.15) is 0 Å². The van der Waals surface area contributed by atoms with E-state index in [0.29, 0.717) is 11.2 Å².